The molecule has 4 nitrogen and oxygen atoms in total. The van der Waals surface area contributed by atoms with Gasteiger partial charge in [0.05, 0.1) is 18.3 Å². The van der Waals surface area contributed by atoms with Crippen LogP contribution >= 0.6 is 11.6 Å². The minimum absolute atomic E-state index is 0.0859. The molecule has 0 spiro atoms. The van der Waals surface area contributed by atoms with E-state index in [1.807, 2.05) is 0 Å². The van der Waals surface area contributed by atoms with Crippen LogP contribution in [0.25, 0.3) is 0 Å². The van der Waals surface area contributed by atoms with Gasteiger partial charge in [0.1, 0.15) is 5.15 Å². The number of carboxylic acids is 1. The SMILES string of the molecule is O=C(O)CCNc1ccc(Cl)nc1. The zero-order valence-corrected chi connectivity index (χ0v) is 7.58. The molecule has 0 fully saturated rings. The number of pyridine rings is 1. The van der Waals surface area contributed by atoms with Crippen molar-refractivity contribution >= 4 is 23.3 Å². The Labute approximate surface area is 80.6 Å². The van der Waals surface area contributed by atoms with Gasteiger partial charge in [-0.3, -0.25) is 4.79 Å². The number of anilines is 1. The molecule has 0 amide bonds. The van der Waals surface area contributed by atoms with Gasteiger partial charge in [-0.05, 0) is 12.1 Å². The van der Waals surface area contributed by atoms with E-state index in [9.17, 15) is 4.79 Å². The highest BCUT2D eigenvalue weighted by Crippen LogP contribution is 2.09. The highest BCUT2D eigenvalue weighted by molar-refractivity contribution is 6.29. The molecule has 1 aromatic heterocycles. The van der Waals surface area contributed by atoms with Crippen LogP contribution in [0.3, 0.4) is 0 Å². The number of rotatable bonds is 4. The van der Waals surface area contributed by atoms with Gasteiger partial charge in [0.25, 0.3) is 0 Å². The second kappa shape index (κ2) is 4.67. The lowest BCUT2D eigenvalue weighted by atomic mass is 10.4. The van der Waals surface area contributed by atoms with E-state index in [0.29, 0.717) is 11.7 Å². The molecule has 1 heterocycles. The van der Waals surface area contributed by atoms with Gasteiger partial charge in [-0.25, -0.2) is 4.98 Å². The zero-order valence-electron chi connectivity index (χ0n) is 6.83. The summed E-state index contributed by atoms with van der Waals surface area (Å²) in [5.74, 6) is -0.825. The van der Waals surface area contributed by atoms with Crippen molar-refractivity contribution in [3.8, 4) is 0 Å². The summed E-state index contributed by atoms with van der Waals surface area (Å²) in [6.07, 6.45) is 1.65. The Hall–Kier alpha value is -1.29. The predicted molar refractivity (Wildman–Crippen MR) is 50.0 cm³/mol. The van der Waals surface area contributed by atoms with E-state index in [1.54, 1.807) is 18.3 Å². The molecule has 13 heavy (non-hydrogen) atoms. The van der Waals surface area contributed by atoms with Crippen molar-refractivity contribution in [2.75, 3.05) is 11.9 Å². The Morgan fingerprint density at radius 2 is 2.38 bits per heavy atom. The Balaban J connectivity index is 2.37. The van der Waals surface area contributed by atoms with Crippen molar-refractivity contribution in [3.05, 3.63) is 23.5 Å². The Kier molecular flexibility index (Phi) is 3.52. The molecule has 0 saturated carbocycles. The molecule has 0 saturated heterocycles. The Bertz CT molecular complexity index is 287. The van der Waals surface area contributed by atoms with E-state index in [2.05, 4.69) is 10.3 Å². The van der Waals surface area contributed by atoms with E-state index in [0.717, 1.165) is 5.69 Å². The molecule has 0 aliphatic carbocycles. The molecule has 1 aromatic rings. The minimum Gasteiger partial charge on any atom is -0.481 e. The third-order valence-corrected chi connectivity index (χ3v) is 1.62. The van der Waals surface area contributed by atoms with Crippen LogP contribution in [0, 0.1) is 0 Å². The van der Waals surface area contributed by atoms with Crippen LogP contribution < -0.4 is 5.32 Å². The van der Waals surface area contributed by atoms with Crippen molar-refractivity contribution in [3.63, 3.8) is 0 Å². The lowest BCUT2D eigenvalue weighted by Gasteiger charge is -2.02. The van der Waals surface area contributed by atoms with Crippen LogP contribution in [0.15, 0.2) is 18.3 Å². The van der Waals surface area contributed by atoms with Gasteiger partial charge in [-0.2, -0.15) is 0 Å². The van der Waals surface area contributed by atoms with Crippen molar-refractivity contribution in [1.82, 2.24) is 4.98 Å². The summed E-state index contributed by atoms with van der Waals surface area (Å²) in [6, 6.07) is 3.39. The topological polar surface area (TPSA) is 62.2 Å². The quantitative estimate of drug-likeness (QED) is 0.726. The van der Waals surface area contributed by atoms with E-state index in [1.165, 1.54) is 0 Å². The largest absolute Gasteiger partial charge is 0.481 e. The summed E-state index contributed by atoms with van der Waals surface area (Å²) in [5.41, 5.74) is 0.769. The Morgan fingerprint density at radius 1 is 1.62 bits per heavy atom. The number of halogens is 1. The van der Waals surface area contributed by atoms with Gasteiger partial charge in [0.2, 0.25) is 0 Å². The number of nitrogens with zero attached hydrogens (tertiary/aromatic N) is 1. The molecule has 0 radical (unpaired) electrons. The van der Waals surface area contributed by atoms with Gasteiger partial charge in [0.15, 0.2) is 0 Å². The van der Waals surface area contributed by atoms with Crippen molar-refractivity contribution in [2.24, 2.45) is 0 Å². The monoisotopic (exact) mass is 200 g/mol. The molecule has 0 aliphatic heterocycles. The standard InChI is InChI=1S/C8H9ClN2O2/c9-7-2-1-6(5-11-7)10-4-3-8(12)13/h1-2,5,10H,3-4H2,(H,12,13). The number of carbonyl (C=O) groups is 1. The molecule has 0 unspecified atom stereocenters. The molecular formula is C8H9ClN2O2. The minimum atomic E-state index is -0.825. The molecule has 0 bridgehead atoms. The van der Waals surface area contributed by atoms with Crippen LogP contribution in [0.4, 0.5) is 5.69 Å². The maximum atomic E-state index is 10.2. The van der Waals surface area contributed by atoms with Gasteiger partial charge in [-0.15, -0.1) is 0 Å². The summed E-state index contributed by atoms with van der Waals surface area (Å²) in [4.78, 5) is 14.0. The van der Waals surface area contributed by atoms with Crippen molar-refractivity contribution < 1.29 is 9.90 Å². The zero-order chi connectivity index (χ0) is 9.68. The number of hydrogen-bond acceptors (Lipinski definition) is 3. The Morgan fingerprint density at radius 3 is 2.92 bits per heavy atom. The predicted octanol–water partition coefficient (Wildman–Crippen LogP) is 1.62. The van der Waals surface area contributed by atoms with Gasteiger partial charge >= 0.3 is 5.97 Å². The van der Waals surface area contributed by atoms with E-state index >= 15 is 0 Å². The highest BCUT2D eigenvalue weighted by atomic mass is 35.5. The van der Waals surface area contributed by atoms with Crippen molar-refractivity contribution in [2.45, 2.75) is 6.42 Å². The van der Waals surface area contributed by atoms with Gasteiger partial charge in [-0.1, -0.05) is 11.6 Å². The number of carboxylic acid groups (broad SMARTS) is 1. The van der Waals surface area contributed by atoms with Gasteiger partial charge in [0, 0.05) is 6.54 Å². The third kappa shape index (κ3) is 3.75. The first-order valence-corrected chi connectivity index (χ1v) is 4.13. The van der Waals surface area contributed by atoms with E-state index in [4.69, 9.17) is 16.7 Å². The highest BCUT2D eigenvalue weighted by Gasteiger charge is 1.96. The average molecular weight is 201 g/mol. The molecule has 0 aliphatic rings. The smallest absolute Gasteiger partial charge is 0.305 e. The molecule has 0 atom stereocenters. The third-order valence-electron chi connectivity index (χ3n) is 1.40. The maximum absolute atomic E-state index is 10.2. The second-order valence-corrected chi connectivity index (χ2v) is 2.83. The molecule has 2 N–H and O–H groups in total. The second-order valence-electron chi connectivity index (χ2n) is 2.44. The summed E-state index contributed by atoms with van der Waals surface area (Å²) in [7, 11) is 0. The first-order chi connectivity index (χ1) is 6.18. The normalized spacial score (nSPS) is 9.62. The van der Waals surface area contributed by atoms with Crippen molar-refractivity contribution in [1.29, 1.82) is 0 Å². The van der Waals surface area contributed by atoms with E-state index < -0.39 is 5.97 Å². The molecule has 5 heteroatoms. The summed E-state index contributed by atoms with van der Waals surface area (Å²) in [5, 5.41) is 11.7. The van der Waals surface area contributed by atoms with Gasteiger partial charge < -0.3 is 10.4 Å². The van der Waals surface area contributed by atoms with Crippen LogP contribution in [0.5, 0.6) is 0 Å². The average Bonchev–Trinajstić information content (AvgIpc) is 2.08. The molecule has 70 valence electrons. The molecule has 0 aromatic carbocycles. The lowest BCUT2D eigenvalue weighted by molar-refractivity contribution is -0.136. The fourth-order valence-corrected chi connectivity index (χ4v) is 0.906. The fourth-order valence-electron chi connectivity index (χ4n) is 0.794. The summed E-state index contributed by atoms with van der Waals surface area (Å²) >= 11 is 5.56. The first kappa shape index (κ1) is 9.80. The summed E-state index contributed by atoms with van der Waals surface area (Å²) < 4.78 is 0. The summed E-state index contributed by atoms with van der Waals surface area (Å²) in [6.45, 7) is 0.388. The number of aliphatic carboxylic acids is 1. The number of aromatic nitrogens is 1. The van der Waals surface area contributed by atoms with Crippen LogP contribution in [-0.4, -0.2) is 22.6 Å². The van der Waals surface area contributed by atoms with E-state index in [-0.39, 0.29) is 6.42 Å². The fraction of sp³-hybridized carbons (Fsp3) is 0.250. The van der Waals surface area contributed by atoms with Crippen LogP contribution in [0.1, 0.15) is 6.42 Å². The maximum Gasteiger partial charge on any atom is 0.305 e. The number of nitrogens with one attached hydrogen (secondary N) is 1. The first-order valence-electron chi connectivity index (χ1n) is 3.75. The van der Waals surface area contributed by atoms with Crippen LogP contribution in [-0.2, 0) is 4.79 Å². The van der Waals surface area contributed by atoms with Crippen LogP contribution in [0.2, 0.25) is 5.15 Å². The molecule has 1 rings (SSSR count). The lowest BCUT2D eigenvalue weighted by Crippen LogP contribution is -2.07. The number of hydrogen-bond donors (Lipinski definition) is 2. The molecular weight excluding hydrogens is 192 g/mol.